The summed E-state index contributed by atoms with van der Waals surface area (Å²) in [6.07, 6.45) is 3.89. The first-order valence-corrected chi connectivity index (χ1v) is 6.54. The first-order chi connectivity index (χ1) is 7.51. The van der Waals surface area contributed by atoms with E-state index in [2.05, 4.69) is 0 Å². The molecule has 92 valence electrons. The van der Waals surface area contributed by atoms with Gasteiger partial charge in [0.2, 0.25) is 0 Å². The lowest BCUT2D eigenvalue weighted by atomic mass is 10.2. The van der Waals surface area contributed by atoms with E-state index in [1.54, 1.807) is 24.8 Å². The number of hydrogen-bond donors (Lipinski definition) is 1. The third-order valence-corrected chi connectivity index (χ3v) is 4.42. The Morgan fingerprint density at radius 1 is 1.25 bits per heavy atom. The molecule has 0 aromatic rings. The van der Waals surface area contributed by atoms with Crippen LogP contribution in [-0.2, 0) is 18.1 Å². The van der Waals surface area contributed by atoms with E-state index in [4.69, 9.17) is 18.4 Å². The Kier molecular flexibility index (Phi) is 6.90. The standard InChI is InChI=1S/C10H18O5Si/c1-9(10(11)12)7-5-6-8-16(13-2,14-3)15-4/h6-8H,5H2,1-4H3,(H,11,12). The number of hydrogen-bond acceptors (Lipinski definition) is 4. The molecular weight excluding hydrogens is 228 g/mol. The summed E-state index contributed by atoms with van der Waals surface area (Å²) < 4.78 is 15.5. The van der Waals surface area contributed by atoms with E-state index >= 15 is 0 Å². The van der Waals surface area contributed by atoms with Crippen molar-refractivity contribution in [3.05, 3.63) is 23.4 Å². The third-order valence-electron chi connectivity index (χ3n) is 2.07. The van der Waals surface area contributed by atoms with E-state index in [1.807, 2.05) is 0 Å². The van der Waals surface area contributed by atoms with E-state index in [1.165, 1.54) is 21.3 Å². The molecule has 0 fully saturated rings. The molecule has 5 nitrogen and oxygen atoms in total. The van der Waals surface area contributed by atoms with Crippen LogP contribution in [0.5, 0.6) is 0 Å². The summed E-state index contributed by atoms with van der Waals surface area (Å²) in [5, 5.41) is 8.62. The van der Waals surface area contributed by atoms with Crippen molar-refractivity contribution in [1.29, 1.82) is 0 Å². The molecule has 0 radical (unpaired) electrons. The quantitative estimate of drug-likeness (QED) is 0.543. The Morgan fingerprint density at radius 3 is 2.12 bits per heavy atom. The second kappa shape index (κ2) is 7.34. The van der Waals surface area contributed by atoms with Gasteiger partial charge in [-0.3, -0.25) is 0 Å². The Hall–Kier alpha value is -0.953. The zero-order valence-corrected chi connectivity index (χ0v) is 11.0. The molecule has 0 aliphatic heterocycles. The topological polar surface area (TPSA) is 65.0 Å². The van der Waals surface area contributed by atoms with Gasteiger partial charge >= 0.3 is 14.8 Å². The molecule has 16 heavy (non-hydrogen) atoms. The molecule has 0 atom stereocenters. The van der Waals surface area contributed by atoms with Gasteiger partial charge < -0.3 is 18.4 Å². The number of carbonyl (C=O) groups is 1. The third kappa shape index (κ3) is 4.71. The predicted octanol–water partition coefficient (Wildman–Crippen LogP) is 1.38. The molecule has 0 aliphatic rings. The van der Waals surface area contributed by atoms with Crippen LogP contribution in [0, 0.1) is 0 Å². The van der Waals surface area contributed by atoms with Gasteiger partial charge in [0.1, 0.15) is 0 Å². The summed E-state index contributed by atoms with van der Waals surface area (Å²) in [6, 6.07) is 0. The summed E-state index contributed by atoms with van der Waals surface area (Å²) in [5.74, 6) is -0.915. The van der Waals surface area contributed by atoms with Gasteiger partial charge in [0.25, 0.3) is 0 Å². The highest BCUT2D eigenvalue weighted by molar-refractivity contribution is 6.66. The van der Waals surface area contributed by atoms with Crippen molar-refractivity contribution < 1.29 is 23.2 Å². The van der Waals surface area contributed by atoms with Crippen molar-refractivity contribution in [2.75, 3.05) is 21.3 Å². The summed E-state index contributed by atoms with van der Waals surface area (Å²) in [4.78, 5) is 10.5. The van der Waals surface area contributed by atoms with Crippen LogP contribution in [0.3, 0.4) is 0 Å². The summed E-state index contributed by atoms with van der Waals surface area (Å²) in [5.41, 5.74) is 2.03. The molecule has 0 aromatic heterocycles. The second-order valence-corrected chi connectivity index (χ2v) is 5.81. The number of carboxylic acids is 1. The van der Waals surface area contributed by atoms with Crippen LogP contribution < -0.4 is 0 Å². The van der Waals surface area contributed by atoms with Gasteiger partial charge in [0.15, 0.2) is 0 Å². The van der Waals surface area contributed by atoms with Crippen LogP contribution in [0.2, 0.25) is 0 Å². The average molecular weight is 246 g/mol. The number of carboxylic acid groups (broad SMARTS) is 1. The SMILES string of the molecule is CO[Si](C=CCC=C(C)C(=O)O)(OC)OC. The normalized spacial score (nSPS) is 13.4. The summed E-state index contributed by atoms with van der Waals surface area (Å²) in [7, 11) is 1.87. The first kappa shape index (κ1) is 15.0. The number of allylic oxidation sites excluding steroid dienone is 2. The fourth-order valence-corrected chi connectivity index (χ4v) is 2.33. The molecule has 1 N–H and O–H groups in total. The lowest BCUT2D eigenvalue weighted by Crippen LogP contribution is -2.40. The lowest BCUT2D eigenvalue weighted by Gasteiger charge is -2.20. The smallest absolute Gasteiger partial charge is 0.478 e. The van der Waals surface area contributed by atoms with E-state index < -0.39 is 14.8 Å². The zero-order chi connectivity index (χ0) is 12.6. The van der Waals surface area contributed by atoms with Gasteiger partial charge in [-0.1, -0.05) is 12.2 Å². The minimum Gasteiger partial charge on any atom is -0.478 e. The Morgan fingerprint density at radius 2 is 1.75 bits per heavy atom. The van der Waals surface area contributed by atoms with Gasteiger partial charge in [0.05, 0.1) is 0 Å². The summed E-state index contributed by atoms with van der Waals surface area (Å²) in [6.45, 7) is 1.55. The van der Waals surface area contributed by atoms with Crippen molar-refractivity contribution in [1.82, 2.24) is 0 Å². The monoisotopic (exact) mass is 246 g/mol. The van der Waals surface area contributed by atoms with Gasteiger partial charge in [0, 0.05) is 26.9 Å². The van der Waals surface area contributed by atoms with E-state index in [9.17, 15) is 4.79 Å². The molecule has 0 saturated heterocycles. The molecule has 6 heteroatoms. The molecule has 0 amide bonds. The van der Waals surface area contributed by atoms with Crippen molar-refractivity contribution in [3.8, 4) is 0 Å². The highest BCUT2D eigenvalue weighted by Crippen LogP contribution is 2.08. The van der Waals surface area contributed by atoms with Crippen molar-refractivity contribution in [2.24, 2.45) is 0 Å². The fourth-order valence-electron chi connectivity index (χ4n) is 0.999. The summed E-state index contributed by atoms with van der Waals surface area (Å²) >= 11 is 0. The minimum atomic E-state index is -2.67. The van der Waals surface area contributed by atoms with Gasteiger partial charge in [-0.05, 0) is 19.0 Å². The number of rotatable bonds is 7. The van der Waals surface area contributed by atoms with E-state index in [-0.39, 0.29) is 0 Å². The van der Waals surface area contributed by atoms with Gasteiger partial charge in [-0.2, -0.15) is 0 Å². The highest BCUT2D eigenvalue weighted by Gasteiger charge is 2.33. The Bertz CT molecular complexity index is 273. The first-order valence-electron chi connectivity index (χ1n) is 4.74. The van der Waals surface area contributed by atoms with Crippen LogP contribution in [0.15, 0.2) is 23.4 Å². The molecule has 0 aromatic carbocycles. The van der Waals surface area contributed by atoms with Gasteiger partial charge in [-0.25, -0.2) is 4.79 Å². The largest absolute Gasteiger partial charge is 0.528 e. The second-order valence-electron chi connectivity index (χ2n) is 3.05. The molecule has 0 aliphatic carbocycles. The number of aliphatic carboxylic acids is 1. The molecule has 0 saturated carbocycles. The average Bonchev–Trinajstić information content (AvgIpc) is 2.30. The molecule has 0 spiro atoms. The fraction of sp³-hybridized carbons (Fsp3) is 0.500. The van der Waals surface area contributed by atoms with Crippen LogP contribution in [0.1, 0.15) is 13.3 Å². The Labute approximate surface area is 96.7 Å². The maximum atomic E-state index is 10.5. The molecule has 0 rings (SSSR count). The predicted molar refractivity (Wildman–Crippen MR) is 61.9 cm³/mol. The van der Waals surface area contributed by atoms with Gasteiger partial charge in [-0.15, -0.1) is 0 Å². The minimum absolute atomic E-state index is 0.309. The lowest BCUT2D eigenvalue weighted by molar-refractivity contribution is -0.132. The maximum Gasteiger partial charge on any atom is 0.528 e. The Balaban J connectivity index is 4.38. The molecule has 0 heterocycles. The van der Waals surface area contributed by atoms with Crippen molar-refractivity contribution in [3.63, 3.8) is 0 Å². The van der Waals surface area contributed by atoms with Crippen LogP contribution >= 0.6 is 0 Å². The molecular formula is C10H18O5Si. The van der Waals surface area contributed by atoms with Crippen LogP contribution in [-0.4, -0.2) is 41.2 Å². The molecule has 0 bridgehead atoms. The highest BCUT2D eigenvalue weighted by atomic mass is 28.4. The van der Waals surface area contributed by atoms with Crippen molar-refractivity contribution in [2.45, 2.75) is 13.3 Å². The van der Waals surface area contributed by atoms with E-state index in [0.717, 1.165) is 0 Å². The van der Waals surface area contributed by atoms with Crippen LogP contribution in [0.4, 0.5) is 0 Å². The maximum absolute atomic E-state index is 10.5. The zero-order valence-electron chi connectivity index (χ0n) is 10.0. The van der Waals surface area contributed by atoms with Crippen LogP contribution in [0.25, 0.3) is 0 Å². The van der Waals surface area contributed by atoms with E-state index in [0.29, 0.717) is 12.0 Å². The molecule has 0 unspecified atom stereocenters. The van der Waals surface area contributed by atoms with Crippen molar-refractivity contribution >= 4 is 14.8 Å².